The summed E-state index contributed by atoms with van der Waals surface area (Å²) >= 11 is 0. The molecule has 0 fully saturated rings. The number of imidazole rings is 1. The molecule has 0 saturated heterocycles. The van der Waals surface area contributed by atoms with Gasteiger partial charge in [0.2, 0.25) is 0 Å². The van der Waals surface area contributed by atoms with Crippen LogP contribution in [0, 0.1) is 6.92 Å². The van der Waals surface area contributed by atoms with Gasteiger partial charge in [-0.15, -0.1) is 0 Å². The summed E-state index contributed by atoms with van der Waals surface area (Å²) in [6.07, 6.45) is 0. The highest BCUT2D eigenvalue weighted by molar-refractivity contribution is 6.06. The van der Waals surface area contributed by atoms with Crippen molar-refractivity contribution >= 4 is 22.6 Å². The van der Waals surface area contributed by atoms with Crippen molar-refractivity contribution in [1.29, 1.82) is 0 Å². The predicted molar refractivity (Wildman–Crippen MR) is 79.7 cm³/mol. The number of phenols is 1. The van der Waals surface area contributed by atoms with E-state index in [1.165, 1.54) is 6.07 Å². The number of phenolic OH excluding ortho intramolecular Hbond substituents is 1. The lowest BCUT2D eigenvalue weighted by molar-refractivity contribution is 0.102. The van der Waals surface area contributed by atoms with Crippen molar-refractivity contribution in [3.8, 4) is 5.75 Å². The third-order valence-corrected chi connectivity index (χ3v) is 3.17. The Balaban J connectivity index is 1.92. The summed E-state index contributed by atoms with van der Waals surface area (Å²) in [6, 6.07) is 9.84. The maximum atomic E-state index is 12.2. The Kier molecular flexibility index (Phi) is 2.98. The quantitative estimate of drug-likeness (QED) is 0.580. The Hall–Kier alpha value is -3.02. The van der Waals surface area contributed by atoms with Gasteiger partial charge in [0.05, 0.1) is 16.6 Å². The normalized spacial score (nSPS) is 10.7. The van der Waals surface area contributed by atoms with Gasteiger partial charge >= 0.3 is 5.69 Å². The first-order valence-electron chi connectivity index (χ1n) is 6.36. The van der Waals surface area contributed by atoms with Crippen molar-refractivity contribution in [3.05, 3.63) is 58.0 Å². The van der Waals surface area contributed by atoms with Crippen molar-refractivity contribution in [2.24, 2.45) is 0 Å². The number of fused-ring (bicyclic) bond motifs is 1. The highest BCUT2D eigenvalue weighted by Crippen LogP contribution is 2.21. The number of carbonyl (C=O) groups excluding carboxylic acids is 1. The summed E-state index contributed by atoms with van der Waals surface area (Å²) in [5, 5.41) is 12.4. The standard InChI is InChI=1S/C15H13N3O3/c1-8-2-5-13(19)10(6-8)14(20)16-9-3-4-11-12(7-9)18-15(21)17-11/h2-7,19H,1H3,(H,16,20)(H2,17,18,21). The van der Waals surface area contributed by atoms with Crippen molar-refractivity contribution in [2.75, 3.05) is 5.32 Å². The molecular formula is C15H13N3O3. The molecule has 0 atom stereocenters. The summed E-state index contributed by atoms with van der Waals surface area (Å²) in [5.74, 6) is -0.484. The van der Waals surface area contributed by atoms with Gasteiger partial charge in [0.15, 0.2) is 0 Å². The summed E-state index contributed by atoms with van der Waals surface area (Å²) in [4.78, 5) is 28.6. The average Bonchev–Trinajstić information content (AvgIpc) is 2.80. The number of anilines is 1. The summed E-state index contributed by atoms with van der Waals surface area (Å²) in [6.45, 7) is 1.84. The Morgan fingerprint density at radius 2 is 1.86 bits per heavy atom. The van der Waals surface area contributed by atoms with E-state index in [1.54, 1.807) is 30.3 Å². The number of amides is 1. The zero-order valence-corrected chi connectivity index (χ0v) is 11.2. The van der Waals surface area contributed by atoms with Crippen LogP contribution in [0.25, 0.3) is 11.0 Å². The Morgan fingerprint density at radius 3 is 2.67 bits per heavy atom. The zero-order chi connectivity index (χ0) is 15.0. The molecule has 4 N–H and O–H groups in total. The molecule has 2 aromatic carbocycles. The Bertz CT molecular complexity index is 893. The molecular weight excluding hydrogens is 270 g/mol. The summed E-state index contributed by atoms with van der Waals surface area (Å²) < 4.78 is 0. The van der Waals surface area contributed by atoms with Gasteiger partial charge in [-0.2, -0.15) is 0 Å². The number of hydrogen-bond acceptors (Lipinski definition) is 3. The zero-order valence-electron chi connectivity index (χ0n) is 11.2. The van der Waals surface area contributed by atoms with Crippen LogP contribution in [0.2, 0.25) is 0 Å². The van der Waals surface area contributed by atoms with Crippen LogP contribution >= 0.6 is 0 Å². The highest BCUT2D eigenvalue weighted by atomic mass is 16.3. The number of aryl methyl sites for hydroxylation is 1. The molecule has 1 amide bonds. The minimum atomic E-state index is -0.409. The van der Waals surface area contributed by atoms with Crippen LogP contribution in [0.1, 0.15) is 15.9 Å². The van der Waals surface area contributed by atoms with E-state index in [1.807, 2.05) is 6.92 Å². The number of aromatic nitrogens is 2. The lowest BCUT2D eigenvalue weighted by Crippen LogP contribution is -2.12. The van der Waals surface area contributed by atoms with E-state index in [2.05, 4.69) is 15.3 Å². The minimum absolute atomic E-state index is 0.0748. The predicted octanol–water partition coefficient (Wildman–Crippen LogP) is 2.12. The van der Waals surface area contributed by atoms with E-state index in [0.29, 0.717) is 16.7 Å². The van der Waals surface area contributed by atoms with Gasteiger partial charge in [-0.25, -0.2) is 4.79 Å². The number of benzene rings is 2. The first-order chi connectivity index (χ1) is 10.0. The SMILES string of the molecule is Cc1ccc(O)c(C(=O)Nc2ccc3[nH]c(=O)[nH]c3c2)c1. The topological polar surface area (TPSA) is 98.0 Å². The Labute approximate surface area is 119 Å². The average molecular weight is 283 g/mol. The molecule has 0 aliphatic carbocycles. The second-order valence-corrected chi connectivity index (χ2v) is 4.81. The molecule has 106 valence electrons. The fourth-order valence-corrected chi connectivity index (χ4v) is 2.14. The lowest BCUT2D eigenvalue weighted by Gasteiger charge is -2.07. The van der Waals surface area contributed by atoms with Gasteiger partial charge in [-0.05, 0) is 37.3 Å². The third-order valence-electron chi connectivity index (χ3n) is 3.17. The molecule has 0 unspecified atom stereocenters. The Morgan fingerprint density at radius 1 is 1.10 bits per heavy atom. The molecule has 6 heteroatoms. The van der Waals surface area contributed by atoms with Crippen molar-refractivity contribution in [2.45, 2.75) is 6.92 Å². The molecule has 21 heavy (non-hydrogen) atoms. The molecule has 1 aromatic heterocycles. The number of aromatic hydroxyl groups is 1. The van der Waals surface area contributed by atoms with Crippen LogP contribution in [-0.2, 0) is 0 Å². The van der Waals surface area contributed by atoms with Crippen LogP contribution in [0.15, 0.2) is 41.2 Å². The van der Waals surface area contributed by atoms with Gasteiger partial charge in [0.1, 0.15) is 5.75 Å². The van der Waals surface area contributed by atoms with E-state index in [-0.39, 0.29) is 17.0 Å². The molecule has 0 saturated carbocycles. The van der Waals surface area contributed by atoms with Crippen molar-refractivity contribution in [1.82, 2.24) is 9.97 Å². The lowest BCUT2D eigenvalue weighted by atomic mass is 10.1. The monoisotopic (exact) mass is 283 g/mol. The smallest absolute Gasteiger partial charge is 0.323 e. The second-order valence-electron chi connectivity index (χ2n) is 4.81. The molecule has 0 radical (unpaired) electrons. The number of nitrogens with one attached hydrogen (secondary N) is 3. The van der Waals surface area contributed by atoms with Gasteiger partial charge in [-0.3, -0.25) is 4.79 Å². The molecule has 0 spiro atoms. The number of aromatic amines is 2. The first kappa shape index (κ1) is 13.0. The van der Waals surface area contributed by atoms with Crippen LogP contribution < -0.4 is 11.0 Å². The molecule has 0 aliphatic rings. The van der Waals surface area contributed by atoms with E-state index in [0.717, 1.165) is 5.56 Å². The molecule has 3 aromatic rings. The number of hydrogen-bond donors (Lipinski definition) is 4. The first-order valence-corrected chi connectivity index (χ1v) is 6.36. The summed E-state index contributed by atoms with van der Waals surface area (Å²) in [5.41, 5.74) is 2.58. The summed E-state index contributed by atoms with van der Waals surface area (Å²) in [7, 11) is 0. The van der Waals surface area contributed by atoms with E-state index >= 15 is 0 Å². The van der Waals surface area contributed by atoms with Gasteiger partial charge in [0.25, 0.3) is 5.91 Å². The third kappa shape index (κ3) is 2.51. The number of rotatable bonds is 2. The molecule has 0 aliphatic heterocycles. The maximum Gasteiger partial charge on any atom is 0.323 e. The molecule has 1 heterocycles. The fraction of sp³-hybridized carbons (Fsp3) is 0.0667. The van der Waals surface area contributed by atoms with Gasteiger partial charge in [0, 0.05) is 5.69 Å². The van der Waals surface area contributed by atoms with E-state index in [4.69, 9.17) is 0 Å². The van der Waals surface area contributed by atoms with Crippen LogP contribution in [0.3, 0.4) is 0 Å². The molecule has 0 bridgehead atoms. The fourth-order valence-electron chi connectivity index (χ4n) is 2.14. The van der Waals surface area contributed by atoms with Crippen LogP contribution in [-0.4, -0.2) is 21.0 Å². The molecule has 3 rings (SSSR count). The van der Waals surface area contributed by atoms with Gasteiger partial charge in [-0.1, -0.05) is 11.6 Å². The van der Waals surface area contributed by atoms with E-state index in [9.17, 15) is 14.7 Å². The largest absolute Gasteiger partial charge is 0.507 e. The number of carbonyl (C=O) groups is 1. The molecule has 6 nitrogen and oxygen atoms in total. The van der Waals surface area contributed by atoms with Crippen LogP contribution in [0.4, 0.5) is 5.69 Å². The van der Waals surface area contributed by atoms with Crippen molar-refractivity contribution < 1.29 is 9.90 Å². The van der Waals surface area contributed by atoms with Gasteiger partial charge < -0.3 is 20.4 Å². The minimum Gasteiger partial charge on any atom is -0.507 e. The maximum absolute atomic E-state index is 12.2. The van der Waals surface area contributed by atoms with Crippen LogP contribution in [0.5, 0.6) is 5.75 Å². The second kappa shape index (κ2) is 4.82. The highest BCUT2D eigenvalue weighted by Gasteiger charge is 2.12. The number of H-pyrrole nitrogens is 2. The van der Waals surface area contributed by atoms with E-state index < -0.39 is 5.91 Å². The van der Waals surface area contributed by atoms with Crippen molar-refractivity contribution in [3.63, 3.8) is 0 Å².